The minimum Gasteiger partial charge on any atom is -0.310 e. The van der Waals surface area contributed by atoms with Crippen LogP contribution in [0.1, 0.15) is 30.6 Å². The molecule has 110 valence electrons. The van der Waals surface area contributed by atoms with Crippen molar-refractivity contribution in [2.75, 3.05) is 6.54 Å². The number of nitrogens with one attached hydrogen (secondary N) is 1. The zero-order valence-corrected chi connectivity index (χ0v) is 12.6. The van der Waals surface area contributed by atoms with Crippen LogP contribution in [0.4, 0.5) is 4.39 Å². The molecule has 1 unspecified atom stereocenters. The van der Waals surface area contributed by atoms with Crippen LogP contribution in [-0.4, -0.2) is 20.9 Å². The van der Waals surface area contributed by atoms with Crippen LogP contribution in [0.2, 0.25) is 0 Å². The third-order valence-corrected chi connectivity index (χ3v) is 4.10. The predicted octanol–water partition coefficient (Wildman–Crippen LogP) is 3.21. The first kappa shape index (κ1) is 14.2. The van der Waals surface area contributed by atoms with Crippen LogP contribution >= 0.6 is 11.3 Å². The van der Waals surface area contributed by atoms with Gasteiger partial charge in [-0.1, -0.05) is 6.92 Å². The summed E-state index contributed by atoms with van der Waals surface area (Å²) in [6.07, 6.45) is 8.72. The fourth-order valence-electron chi connectivity index (χ4n) is 2.33. The molecule has 0 aliphatic rings. The SMILES string of the molecule is CCCNC(Cc1cn2ccsc2n1)c1cncc(F)c1. The van der Waals surface area contributed by atoms with E-state index in [1.54, 1.807) is 23.6 Å². The van der Waals surface area contributed by atoms with Gasteiger partial charge in [-0.25, -0.2) is 9.37 Å². The van der Waals surface area contributed by atoms with E-state index in [0.717, 1.165) is 35.6 Å². The second kappa shape index (κ2) is 6.32. The van der Waals surface area contributed by atoms with Crippen molar-refractivity contribution in [3.05, 3.63) is 53.3 Å². The first-order valence-corrected chi connectivity index (χ1v) is 7.89. The Bertz CT molecular complexity index is 693. The second-order valence-electron chi connectivity index (χ2n) is 4.97. The van der Waals surface area contributed by atoms with Crippen molar-refractivity contribution in [1.29, 1.82) is 0 Å². The molecule has 4 nitrogen and oxygen atoms in total. The molecule has 0 saturated heterocycles. The Morgan fingerprint density at radius 1 is 1.43 bits per heavy atom. The maximum absolute atomic E-state index is 13.4. The molecule has 0 fully saturated rings. The van der Waals surface area contributed by atoms with Gasteiger partial charge in [0, 0.05) is 36.4 Å². The highest BCUT2D eigenvalue weighted by molar-refractivity contribution is 7.15. The molecule has 3 rings (SSSR count). The van der Waals surface area contributed by atoms with E-state index in [0.29, 0.717) is 0 Å². The Morgan fingerprint density at radius 3 is 3.10 bits per heavy atom. The van der Waals surface area contributed by atoms with Crippen molar-refractivity contribution < 1.29 is 4.39 Å². The van der Waals surface area contributed by atoms with Crippen LogP contribution in [0.3, 0.4) is 0 Å². The van der Waals surface area contributed by atoms with Gasteiger partial charge in [-0.2, -0.15) is 0 Å². The van der Waals surface area contributed by atoms with Gasteiger partial charge >= 0.3 is 0 Å². The zero-order valence-electron chi connectivity index (χ0n) is 11.8. The number of nitrogens with zero attached hydrogens (tertiary/aromatic N) is 3. The number of halogens is 1. The van der Waals surface area contributed by atoms with E-state index >= 15 is 0 Å². The average molecular weight is 304 g/mol. The second-order valence-corrected chi connectivity index (χ2v) is 5.85. The van der Waals surface area contributed by atoms with Gasteiger partial charge in [0.1, 0.15) is 5.82 Å². The van der Waals surface area contributed by atoms with Crippen molar-refractivity contribution in [2.24, 2.45) is 0 Å². The number of rotatable bonds is 6. The molecule has 0 saturated carbocycles. The number of thiazole rings is 1. The lowest BCUT2D eigenvalue weighted by Gasteiger charge is -2.17. The molecule has 6 heteroatoms. The smallest absolute Gasteiger partial charge is 0.193 e. The first-order chi connectivity index (χ1) is 10.3. The normalized spacial score (nSPS) is 12.9. The van der Waals surface area contributed by atoms with Gasteiger partial charge in [-0.05, 0) is 24.6 Å². The van der Waals surface area contributed by atoms with Crippen LogP contribution in [0.15, 0.2) is 36.2 Å². The summed E-state index contributed by atoms with van der Waals surface area (Å²) >= 11 is 1.61. The molecule has 0 aliphatic carbocycles. The van der Waals surface area contributed by atoms with Gasteiger partial charge in [0.15, 0.2) is 4.96 Å². The Hall–Kier alpha value is -1.79. The van der Waals surface area contributed by atoms with Crippen LogP contribution in [0, 0.1) is 5.82 Å². The Morgan fingerprint density at radius 2 is 2.33 bits per heavy atom. The number of fused-ring (bicyclic) bond motifs is 1. The fourth-order valence-corrected chi connectivity index (χ4v) is 3.05. The van der Waals surface area contributed by atoms with Gasteiger partial charge in [-0.15, -0.1) is 11.3 Å². The Labute approximate surface area is 126 Å². The summed E-state index contributed by atoms with van der Waals surface area (Å²) in [5.74, 6) is -0.304. The van der Waals surface area contributed by atoms with Crippen molar-refractivity contribution in [3.63, 3.8) is 0 Å². The van der Waals surface area contributed by atoms with Crippen LogP contribution in [0.25, 0.3) is 4.96 Å². The topological polar surface area (TPSA) is 42.2 Å². The summed E-state index contributed by atoms with van der Waals surface area (Å²) in [5.41, 5.74) is 1.86. The molecule has 21 heavy (non-hydrogen) atoms. The van der Waals surface area contributed by atoms with Gasteiger partial charge in [0.05, 0.1) is 11.9 Å². The van der Waals surface area contributed by atoms with E-state index in [9.17, 15) is 4.39 Å². The quantitative estimate of drug-likeness (QED) is 0.760. The lowest BCUT2D eigenvalue weighted by atomic mass is 10.0. The minimum absolute atomic E-state index is 0.0257. The molecule has 3 heterocycles. The molecule has 0 aromatic carbocycles. The zero-order chi connectivity index (χ0) is 14.7. The molecule has 0 bridgehead atoms. The average Bonchev–Trinajstić information content (AvgIpc) is 3.04. The van der Waals surface area contributed by atoms with Gasteiger partial charge in [0.2, 0.25) is 0 Å². The third kappa shape index (κ3) is 3.28. The summed E-state index contributed by atoms with van der Waals surface area (Å²) in [7, 11) is 0. The van der Waals surface area contributed by atoms with Gasteiger partial charge < -0.3 is 5.32 Å². The number of hydrogen-bond acceptors (Lipinski definition) is 4. The monoisotopic (exact) mass is 304 g/mol. The van der Waals surface area contributed by atoms with Crippen LogP contribution < -0.4 is 5.32 Å². The molecular formula is C15H17FN4S. The molecule has 0 amide bonds. The van der Waals surface area contributed by atoms with Gasteiger partial charge in [0.25, 0.3) is 0 Å². The molecule has 1 atom stereocenters. The van der Waals surface area contributed by atoms with Crippen molar-refractivity contribution in [1.82, 2.24) is 19.7 Å². The number of pyridine rings is 1. The lowest BCUT2D eigenvalue weighted by molar-refractivity contribution is 0.518. The molecule has 3 aromatic rings. The maximum atomic E-state index is 13.4. The fraction of sp³-hybridized carbons (Fsp3) is 0.333. The van der Waals surface area contributed by atoms with Crippen molar-refractivity contribution in [3.8, 4) is 0 Å². The van der Waals surface area contributed by atoms with Crippen LogP contribution in [-0.2, 0) is 6.42 Å². The Balaban J connectivity index is 1.83. The van der Waals surface area contributed by atoms with Crippen molar-refractivity contribution >= 4 is 16.3 Å². The molecular weight excluding hydrogens is 287 g/mol. The number of hydrogen-bond donors (Lipinski definition) is 1. The highest BCUT2D eigenvalue weighted by Gasteiger charge is 2.15. The predicted molar refractivity (Wildman–Crippen MR) is 82.0 cm³/mol. The van der Waals surface area contributed by atoms with Gasteiger partial charge in [-0.3, -0.25) is 9.38 Å². The summed E-state index contributed by atoms with van der Waals surface area (Å²) in [6.45, 7) is 2.99. The van der Waals surface area contributed by atoms with E-state index in [4.69, 9.17) is 0 Å². The standard InChI is InChI=1S/C15H17FN4S/c1-2-3-18-14(11-6-12(16)9-17-8-11)7-13-10-20-4-5-21-15(20)19-13/h4-6,8-10,14,18H,2-3,7H2,1H3. The van der Waals surface area contributed by atoms with E-state index in [1.807, 2.05) is 22.2 Å². The number of aromatic nitrogens is 3. The van der Waals surface area contributed by atoms with Crippen molar-refractivity contribution in [2.45, 2.75) is 25.8 Å². The van der Waals surface area contributed by atoms with E-state index in [1.165, 1.54) is 6.20 Å². The first-order valence-electron chi connectivity index (χ1n) is 7.01. The molecule has 0 aliphatic heterocycles. The molecule has 1 N–H and O–H groups in total. The third-order valence-electron chi connectivity index (χ3n) is 3.33. The molecule has 0 radical (unpaired) electrons. The molecule has 3 aromatic heterocycles. The minimum atomic E-state index is -0.304. The summed E-state index contributed by atoms with van der Waals surface area (Å²) in [5, 5.41) is 5.45. The highest BCUT2D eigenvalue weighted by atomic mass is 32.1. The van der Waals surface area contributed by atoms with Crippen LogP contribution in [0.5, 0.6) is 0 Å². The van der Waals surface area contributed by atoms with E-state index in [-0.39, 0.29) is 11.9 Å². The Kier molecular flexibility index (Phi) is 4.26. The molecule has 0 spiro atoms. The summed E-state index contributed by atoms with van der Waals surface area (Å²) in [4.78, 5) is 9.53. The largest absolute Gasteiger partial charge is 0.310 e. The summed E-state index contributed by atoms with van der Waals surface area (Å²) < 4.78 is 15.4. The maximum Gasteiger partial charge on any atom is 0.193 e. The summed E-state index contributed by atoms with van der Waals surface area (Å²) in [6, 6.07) is 1.57. The lowest BCUT2D eigenvalue weighted by Crippen LogP contribution is -2.24. The van der Waals surface area contributed by atoms with E-state index < -0.39 is 0 Å². The van der Waals surface area contributed by atoms with E-state index in [2.05, 4.69) is 22.2 Å². The highest BCUT2D eigenvalue weighted by Crippen LogP contribution is 2.20. The number of imidazole rings is 1.